The summed E-state index contributed by atoms with van der Waals surface area (Å²) in [6, 6.07) is 10.4. The van der Waals surface area contributed by atoms with Crippen LogP contribution in [-0.2, 0) is 11.3 Å². The number of amides is 1. The van der Waals surface area contributed by atoms with E-state index in [1.54, 1.807) is 6.26 Å². The van der Waals surface area contributed by atoms with E-state index in [0.717, 1.165) is 71.2 Å². The summed E-state index contributed by atoms with van der Waals surface area (Å²) in [5.41, 5.74) is 3.21. The van der Waals surface area contributed by atoms with E-state index in [4.69, 9.17) is 9.15 Å². The van der Waals surface area contributed by atoms with Gasteiger partial charge in [-0.25, -0.2) is 0 Å². The number of carbonyl (C=O) groups excluding carboxylic acids is 1. The molecule has 2 fully saturated rings. The summed E-state index contributed by atoms with van der Waals surface area (Å²) in [6.07, 6.45) is 2.58. The fraction of sp³-hybridized carbons (Fsp3) is 0.500. The van der Waals surface area contributed by atoms with Crippen molar-refractivity contribution in [1.29, 1.82) is 0 Å². The lowest BCUT2D eigenvalue weighted by molar-refractivity contribution is 0.0313. The summed E-state index contributed by atoms with van der Waals surface area (Å²) in [5.74, 6) is 0.921. The molecule has 0 saturated carbocycles. The van der Waals surface area contributed by atoms with Crippen LogP contribution in [0.2, 0.25) is 0 Å². The van der Waals surface area contributed by atoms with Crippen molar-refractivity contribution < 1.29 is 13.9 Å². The molecule has 0 N–H and O–H groups in total. The molecule has 2 aromatic rings. The predicted molar refractivity (Wildman–Crippen MR) is 109 cm³/mol. The van der Waals surface area contributed by atoms with E-state index in [1.165, 1.54) is 11.3 Å². The maximum atomic E-state index is 13.0. The topological polar surface area (TPSA) is 49.2 Å². The lowest BCUT2D eigenvalue weighted by atomic mass is 10.2. The third-order valence-corrected chi connectivity index (χ3v) is 5.62. The van der Waals surface area contributed by atoms with Gasteiger partial charge in [-0.05, 0) is 31.0 Å². The summed E-state index contributed by atoms with van der Waals surface area (Å²) in [5, 5.41) is 0. The number of ether oxygens (including phenoxy) is 1. The molecule has 0 radical (unpaired) electrons. The van der Waals surface area contributed by atoms with Crippen LogP contribution in [0.1, 0.15) is 28.1 Å². The van der Waals surface area contributed by atoms with Crippen LogP contribution in [-0.4, -0.2) is 68.2 Å². The average Bonchev–Trinajstić information content (AvgIpc) is 3.04. The second-order valence-corrected chi connectivity index (χ2v) is 7.61. The Bertz CT molecular complexity index is 798. The molecule has 0 bridgehead atoms. The van der Waals surface area contributed by atoms with Crippen molar-refractivity contribution in [3.63, 3.8) is 0 Å². The van der Waals surface area contributed by atoms with E-state index < -0.39 is 0 Å². The summed E-state index contributed by atoms with van der Waals surface area (Å²) < 4.78 is 11.1. The quantitative estimate of drug-likeness (QED) is 0.813. The molecule has 1 aromatic heterocycles. The summed E-state index contributed by atoms with van der Waals surface area (Å²) in [6.45, 7) is 9.56. The van der Waals surface area contributed by atoms with Gasteiger partial charge in [-0.1, -0.05) is 18.2 Å². The normalized spacial score (nSPS) is 18.9. The highest BCUT2D eigenvalue weighted by atomic mass is 16.5. The number of aryl methyl sites for hydroxylation is 1. The third kappa shape index (κ3) is 4.39. The van der Waals surface area contributed by atoms with Gasteiger partial charge in [0.05, 0.1) is 25.3 Å². The Morgan fingerprint density at radius 3 is 2.68 bits per heavy atom. The molecular weight excluding hydrogens is 354 g/mol. The molecule has 3 heterocycles. The van der Waals surface area contributed by atoms with Gasteiger partial charge in [-0.15, -0.1) is 0 Å². The van der Waals surface area contributed by atoms with Crippen molar-refractivity contribution in [1.82, 2.24) is 9.80 Å². The molecule has 0 aliphatic carbocycles. The van der Waals surface area contributed by atoms with E-state index >= 15 is 0 Å². The van der Waals surface area contributed by atoms with E-state index in [1.807, 2.05) is 11.0 Å². The summed E-state index contributed by atoms with van der Waals surface area (Å²) in [7, 11) is 0. The third-order valence-electron chi connectivity index (χ3n) is 5.62. The van der Waals surface area contributed by atoms with Gasteiger partial charge in [0.25, 0.3) is 5.91 Å². The van der Waals surface area contributed by atoms with Crippen molar-refractivity contribution in [3.05, 3.63) is 53.5 Å². The Morgan fingerprint density at radius 2 is 1.86 bits per heavy atom. The first-order valence-electron chi connectivity index (χ1n) is 10.2. The number of hydrogen-bond acceptors (Lipinski definition) is 5. The molecule has 0 unspecified atom stereocenters. The fourth-order valence-electron chi connectivity index (χ4n) is 4.02. The van der Waals surface area contributed by atoms with Gasteiger partial charge in [0.15, 0.2) is 0 Å². The van der Waals surface area contributed by atoms with Gasteiger partial charge in [-0.2, -0.15) is 0 Å². The maximum Gasteiger partial charge on any atom is 0.257 e. The van der Waals surface area contributed by atoms with Gasteiger partial charge < -0.3 is 19.0 Å². The molecule has 28 heavy (non-hydrogen) atoms. The number of benzene rings is 1. The van der Waals surface area contributed by atoms with Gasteiger partial charge in [0.1, 0.15) is 12.0 Å². The Kier molecular flexibility index (Phi) is 5.98. The highest BCUT2D eigenvalue weighted by Crippen LogP contribution is 2.22. The minimum absolute atomic E-state index is 0.0728. The number of hydrogen-bond donors (Lipinski definition) is 0. The number of rotatable bonds is 4. The average molecular weight is 383 g/mol. The summed E-state index contributed by atoms with van der Waals surface area (Å²) in [4.78, 5) is 19.6. The number of para-hydroxylation sites is 1. The zero-order chi connectivity index (χ0) is 19.3. The van der Waals surface area contributed by atoms with Crippen LogP contribution in [0.25, 0.3) is 0 Å². The second-order valence-electron chi connectivity index (χ2n) is 7.61. The SMILES string of the molecule is Cc1ccccc1N1CCCN(C(=O)c2coc(CN3CCOCC3)c2)CC1. The van der Waals surface area contributed by atoms with Crippen LogP contribution in [0.5, 0.6) is 0 Å². The van der Waals surface area contributed by atoms with Crippen molar-refractivity contribution >= 4 is 11.6 Å². The zero-order valence-corrected chi connectivity index (χ0v) is 16.6. The first-order valence-corrected chi connectivity index (χ1v) is 10.2. The van der Waals surface area contributed by atoms with Crippen LogP contribution in [0, 0.1) is 6.92 Å². The van der Waals surface area contributed by atoms with Crippen LogP contribution in [0.3, 0.4) is 0 Å². The molecule has 1 aromatic carbocycles. The van der Waals surface area contributed by atoms with Crippen LogP contribution < -0.4 is 4.90 Å². The number of nitrogens with zero attached hydrogens (tertiary/aromatic N) is 3. The molecule has 0 atom stereocenters. The second kappa shape index (κ2) is 8.80. The molecule has 4 rings (SSSR count). The van der Waals surface area contributed by atoms with Crippen molar-refractivity contribution in [2.75, 3.05) is 57.4 Å². The number of carbonyl (C=O) groups is 1. The van der Waals surface area contributed by atoms with E-state index in [2.05, 4.69) is 41.0 Å². The molecule has 150 valence electrons. The number of furan rings is 1. The molecule has 0 spiro atoms. The first-order chi connectivity index (χ1) is 13.7. The van der Waals surface area contributed by atoms with E-state index in [-0.39, 0.29) is 5.91 Å². The van der Waals surface area contributed by atoms with Crippen LogP contribution >= 0.6 is 0 Å². The van der Waals surface area contributed by atoms with Crippen molar-refractivity contribution in [2.24, 2.45) is 0 Å². The van der Waals surface area contributed by atoms with E-state index in [9.17, 15) is 4.79 Å². The lowest BCUT2D eigenvalue weighted by Gasteiger charge is -2.25. The molecule has 2 aliphatic heterocycles. The van der Waals surface area contributed by atoms with Crippen molar-refractivity contribution in [2.45, 2.75) is 19.9 Å². The first kappa shape index (κ1) is 19.0. The number of anilines is 1. The highest BCUT2D eigenvalue weighted by Gasteiger charge is 2.23. The van der Waals surface area contributed by atoms with Gasteiger partial charge in [0, 0.05) is 45.0 Å². The van der Waals surface area contributed by atoms with Crippen molar-refractivity contribution in [3.8, 4) is 0 Å². The number of morpholine rings is 1. The summed E-state index contributed by atoms with van der Waals surface area (Å²) >= 11 is 0. The Morgan fingerprint density at radius 1 is 1.04 bits per heavy atom. The Labute approximate surface area is 166 Å². The minimum Gasteiger partial charge on any atom is -0.467 e. The largest absolute Gasteiger partial charge is 0.467 e. The molecule has 6 nitrogen and oxygen atoms in total. The maximum absolute atomic E-state index is 13.0. The van der Waals surface area contributed by atoms with Gasteiger partial charge >= 0.3 is 0 Å². The Balaban J connectivity index is 1.36. The van der Waals surface area contributed by atoms with Gasteiger partial charge in [-0.3, -0.25) is 9.69 Å². The smallest absolute Gasteiger partial charge is 0.257 e. The fourth-order valence-corrected chi connectivity index (χ4v) is 4.02. The standard InChI is InChI=1S/C22H29N3O3/c1-18-5-2-3-6-21(18)24-7-4-8-25(10-9-24)22(26)19-15-20(28-17-19)16-23-11-13-27-14-12-23/h2-3,5-6,15,17H,4,7-14,16H2,1H3. The monoisotopic (exact) mass is 383 g/mol. The molecule has 2 aliphatic rings. The van der Waals surface area contributed by atoms with Crippen LogP contribution in [0.15, 0.2) is 41.0 Å². The lowest BCUT2D eigenvalue weighted by Crippen LogP contribution is -2.35. The predicted octanol–water partition coefficient (Wildman–Crippen LogP) is 2.77. The molecule has 1 amide bonds. The zero-order valence-electron chi connectivity index (χ0n) is 16.6. The van der Waals surface area contributed by atoms with Crippen LogP contribution in [0.4, 0.5) is 5.69 Å². The van der Waals surface area contributed by atoms with E-state index in [0.29, 0.717) is 5.56 Å². The molecular formula is C22H29N3O3. The van der Waals surface area contributed by atoms with Gasteiger partial charge in [0.2, 0.25) is 0 Å². The highest BCUT2D eigenvalue weighted by molar-refractivity contribution is 5.94. The Hall–Kier alpha value is -2.31. The molecule has 6 heteroatoms. The minimum atomic E-state index is 0.0728. The molecule has 2 saturated heterocycles.